The Kier molecular flexibility index (Phi) is 3.08. The molecule has 96 valence electrons. The molecule has 1 N–H and O–H groups in total. The number of para-hydroxylation sites is 2. The average Bonchev–Trinajstić information content (AvgIpc) is 2.87. The van der Waals surface area contributed by atoms with E-state index in [9.17, 15) is 0 Å². The topological polar surface area (TPSA) is 51.5 Å². The van der Waals surface area contributed by atoms with Crippen molar-refractivity contribution < 1.29 is 4.74 Å². The van der Waals surface area contributed by atoms with Crippen LogP contribution in [-0.2, 0) is 0 Å². The van der Waals surface area contributed by atoms with E-state index in [1.54, 1.807) is 13.3 Å². The number of fused-ring (bicyclic) bond motifs is 1. The van der Waals surface area contributed by atoms with Gasteiger partial charge < -0.3 is 14.5 Å². The third-order valence-corrected chi connectivity index (χ3v) is 3.09. The van der Waals surface area contributed by atoms with Crippen LogP contribution in [0.1, 0.15) is 0 Å². The number of imidazole rings is 1. The van der Waals surface area contributed by atoms with E-state index in [4.69, 9.17) is 4.74 Å². The Balaban J connectivity index is 2.07. The Morgan fingerprint density at radius 3 is 3.00 bits per heavy atom. The molecule has 5 nitrogen and oxygen atoms in total. The zero-order chi connectivity index (χ0) is 13.2. The Bertz CT molecular complexity index is 725. The van der Waals surface area contributed by atoms with Crippen LogP contribution < -0.4 is 10.1 Å². The maximum atomic E-state index is 5.31. The fraction of sp³-hybridized carbons (Fsp3) is 0.0769. The van der Waals surface area contributed by atoms with E-state index in [1.165, 1.54) is 0 Å². The SMILES string of the molecule is COc1ccccc1Nc1nc(Br)cn2ccnc12. The molecule has 0 radical (unpaired) electrons. The van der Waals surface area contributed by atoms with E-state index in [0.29, 0.717) is 5.82 Å². The highest BCUT2D eigenvalue weighted by atomic mass is 79.9. The first-order chi connectivity index (χ1) is 9.28. The van der Waals surface area contributed by atoms with Crippen molar-refractivity contribution in [3.8, 4) is 5.75 Å². The molecule has 0 bridgehead atoms. The first-order valence-electron chi connectivity index (χ1n) is 5.67. The summed E-state index contributed by atoms with van der Waals surface area (Å²) in [6.45, 7) is 0. The first-order valence-corrected chi connectivity index (χ1v) is 6.46. The number of hydrogen-bond acceptors (Lipinski definition) is 4. The lowest BCUT2D eigenvalue weighted by molar-refractivity contribution is 0.417. The average molecular weight is 319 g/mol. The van der Waals surface area contributed by atoms with Gasteiger partial charge in [0.25, 0.3) is 0 Å². The van der Waals surface area contributed by atoms with Crippen molar-refractivity contribution in [2.45, 2.75) is 0 Å². The molecule has 0 amide bonds. The lowest BCUT2D eigenvalue weighted by Gasteiger charge is -2.11. The maximum absolute atomic E-state index is 5.31. The minimum absolute atomic E-state index is 0.670. The standard InChI is InChI=1S/C13H11BrN4O/c1-19-10-5-3-2-4-9(10)16-12-13-15-6-7-18(13)8-11(14)17-12/h2-8H,1H3,(H,16,17). The smallest absolute Gasteiger partial charge is 0.180 e. The highest BCUT2D eigenvalue weighted by Gasteiger charge is 2.09. The fourth-order valence-electron chi connectivity index (χ4n) is 1.86. The largest absolute Gasteiger partial charge is 0.495 e. The summed E-state index contributed by atoms with van der Waals surface area (Å²) in [5, 5.41) is 3.24. The summed E-state index contributed by atoms with van der Waals surface area (Å²) in [5.41, 5.74) is 1.61. The Hall–Kier alpha value is -2.08. The lowest BCUT2D eigenvalue weighted by Crippen LogP contribution is -2.00. The number of ether oxygens (including phenoxy) is 1. The minimum Gasteiger partial charge on any atom is -0.495 e. The van der Waals surface area contributed by atoms with Crippen LogP contribution in [0.5, 0.6) is 5.75 Å². The summed E-state index contributed by atoms with van der Waals surface area (Å²) < 4.78 is 7.94. The molecule has 19 heavy (non-hydrogen) atoms. The van der Waals surface area contributed by atoms with Crippen LogP contribution >= 0.6 is 15.9 Å². The van der Waals surface area contributed by atoms with Crippen LogP contribution in [0, 0.1) is 0 Å². The molecule has 0 aliphatic rings. The predicted octanol–water partition coefficient (Wildman–Crippen LogP) is 3.24. The van der Waals surface area contributed by atoms with Crippen LogP contribution in [0.25, 0.3) is 5.65 Å². The number of halogens is 1. The van der Waals surface area contributed by atoms with Crippen LogP contribution in [-0.4, -0.2) is 21.5 Å². The first kappa shape index (κ1) is 12.0. The molecule has 1 aromatic carbocycles. The third-order valence-electron chi connectivity index (χ3n) is 2.70. The second kappa shape index (κ2) is 4.89. The van der Waals surface area contributed by atoms with Crippen LogP contribution in [0.15, 0.2) is 47.5 Å². The molecule has 3 aromatic rings. The molecular formula is C13H11BrN4O. The molecule has 2 aromatic heterocycles. The van der Waals surface area contributed by atoms with Crippen LogP contribution in [0.4, 0.5) is 11.5 Å². The van der Waals surface area contributed by atoms with Crippen molar-refractivity contribution in [2.75, 3.05) is 12.4 Å². The van der Waals surface area contributed by atoms with E-state index in [1.807, 2.05) is 41.1 Å². The Morgan fingerprint density at radius 2 is 2.16 bits per heavy atom. The van der Waals surface area contributed by atoms with Gasteiger partial charge in [0.1, 0.15) is 10.4 Å². The van der Waals surface area contributed by atoms with Crippen molar-refractivity contribution in [3.63, 3.8) is 0 Å². The molecule has 0 fully saturated rings. The second-order valence-corrected chi connectivity index (χ2v) is 4.71. The summed E-state index contributed by atoms with van der Waals surface area (Å²) in [7, 11) is 1.64. The van der Waals surface area contributed by atoms with E-state index in [0.717, 1.165) is 21.7 Å². The maximum Gasteiger partial charge on any atom is 0.180 e. The summed E-state index contributed by atoms with van der Waals surface area (Å²) >= 11 is 3.39. The van der Waals surface area contributed by atoms with Gasteiger partial charge in [0.05, 0.1) is 12.8 Å². The number of anilines is 2. The third kappa shape index (κ3) is 2.26. The number of rotatable bonds is 3. The Morgan fingerprint density at radius 1 is 1.32 bits per heavy atom. The highest BCUT2D eigenvalue weighted by Crippen LogP contribution is 2.28. The Labute approximate surface area is 118 Å². The van der Waals surface area contributed by atoms with Gasteiger partial charge in [-0.15, -0.1) is 0 Å². The monoisotopic (exact) mass is 318 g/mol. The van der Waals surface area contributed by atoms with Gasteiger partial charge in [0.2, 0.25) is 0 Å². The van der Waals surface area contributed by atoms with Gasteiger partial charge in [-0.1, -0.05) is 12.1 Å². The molecule has 6 heteroatoms. The highest BCUT2D eigenvalue weighted by molar-refractivity contribution is 9.10. The molecule has 0 unspecified atom stereocenters. The van der Waals surface area contributed by atoms with Crippen molar-refractivity contribution in [1.82, 2.24) is 14.4 Å². The number of nitrogens with zero attached hydrogens (tertiary/aromatic N) is 3. The molecule has 0 saturated heterocycles. The zero-order valence-electron chi connectivity index (χ0n) is 10.2. The number of aromatic nitrogens is 3. The molecule has 0 saturated carbocycles. The van der Waals surface area contributed by atoms with Gasteiger partial charge in [-0.25, -0.2) is 9.97 Å². The number of hydrogen-bond donors (Lipinski definition) is 1. The van der Waals surface area contributed by atoms with Gasteiger partial charge in [0.15, 0.2) is 11.5 Å². The molecule has 0 aliphatic carbocycles. The minimum atomic E-state index is 0.670. The van der Waals surface area contributed by atoms with Crippen molar-refractivity contribution >= 4 is 33.1 Å². The number of benzene rings is 1. The van der Waals surface area contributed by atoms with E-state index in [2.05, 4.69) is 31.2 Å². The summed E-state index contributed by atoms with van der Waals surface area (Å²) in [6, 6.07) is 7.68. The zero-order valence-corrected chi connectivity index (χ0v) is 11.8. The molecule has 2 heterocycles. The summed E-state index contributed by atoms with van der Waals surface area (Å²) in [5.74, 6) is 1.43. The lowest BCUT2D eigenvalue weighted by atomic mass is 10.3. The van der Waals surface area contributed by atoms with Gasteiger partial charge >= 0.3 is 0 Å². The van der Waals surface area contributed by atoms with Crippen molar-refractivity contribution in [3.05, 3.63) is 47.5 Å². The van der Waals surface area contributed by atoms with Gasteiger partial charge in [-0.05, 0) is 28.1 Å². The van der Waals surface area contributed by atoms with E-state index < -0.39 is 0 Å². The molecule has 3 rings (SSSR count). The number of nitrogens with one attached hydrogen (secondary N) is 1. The molecule has 0 aliphatic heterocycles. The van der Waals surface area contributed by atoms with Gasteiger partial charge in [-0.2, -0.15) is 0 Å². The summed E-state index contributed by atoms with van der Waals surface area (Å²) in [4.78, 5) is 8.70. The molecule has 0 spiro atoms. The van der Waals surface area contributed by atoms with Crippen molar-refractivity contribution in [2.24, 2.45) is 0 Å². The second-order valence-electron chi connectivity index (χ2n) is 3.90. The summed E-state index contributed by atoms with van der Waals surface area (Å²) in [6.07, 6.45) is 5.46. The van der Waals surface area contributed by atoms with Crippen LogP contribution in [0.3, 0.4) is 0 Å². The predicted molar refractivity (Wildman–Crippen MR) is 77.0 cm³/mol. The van der Waals surface area contributed by atoms with Gasteiger partial charge in [-0.3, -0.25) is 0 Å². The van der Waals surface area contributed by atoms with E-state index in [-0.39, 0.29) is 0 Å². The number of methoxy groups -OCH3 is 1. The van der Waals surface area contributed by atoms with E-state index >= 15 is 0 Å². The molecule has 0 atom stereocenters. The molecular weight excluding hydrogens is 308 g/mol. The normalized spacial score (nSPS) is 10.6. The van der Waals surface area contributed by atoms with Crippen LogP contribution in [0.2, 0.25) is 0 Å². The van der Waals surface area contributed by atoms with Crippen molar-refractivity contribution in [1.29, 1.82) is 0 Å². The van der Waals surface area contributed by atoms with Gasteiger partial charge in [0, 0.05) is 18.6 Å². The quantitative estimate of drug-likeness (QED) is 0.805. The fourth-order valence-corrected chi connectivity index (χ4v) is 2.26.